The SMILES string of the molecule is O=C(O)c1cnc(N2CCN(S(=O)(=O)c3ccc(-c4ccccc4OCCN4CCCC4)cc3)CC2)nc1. The van der Waals surface area contributed by atoms with Gasteiger partial charge in [0.15, 0.2) is 0 Å². The number of piperazine rings is 1. The van der Waals surface area contributed by atoms with E-state index in [0.29, 0.717) is 25.6 Å². The topological polar surface area (TPSA) is 116 Å². The highest BCUT2D eigenvalue weighted by Crippen LogP contribution is 2.31. The molecule has 2 aliphatic rings. The minimum absolute atomic E-state index is 0.00896. The highest BCUT2D eigenvalue weighted by atomic mass is 32.2. The Balaban J connectivity index is 1.22. The minimum atomic E-state index is -3.67. The van der Waals surface area contributed by atoms with Crippen molar-refractivity contribution in [1.29, 1.82) is 0 Å². The Labute approximate surface area is 222 Å². The van der Waals surface area contributed by atoms with Gasteiger partial charge in [-0.05, 0) is 49.7 Å². The Hall–Kier alpha value is -3.54. The molecule has 1 aromatic heterocycles. The number of aromatic nitrogens is 2. The summed E-state index contributed by atoms with van der Waals surface area (Å²) in [7, 11) is -3.67. The first-order chi connectivity index (χ1) is 18.4. The maximum absolute atomic E-state index is 13.3. The van der Waals surface area contributed by atoms with E-state index < -0.39 is 16.0 Å². The maximum atomic E-state index is 13.3. The van der Waals surface area contributed by atoms with Crippen LogP contribution in [0.15, 0.2) is 65.8 Å². The van der Waals surface area contributed by atoms with E-state index in [2.05, 4.69) is 14.9 Å². The summed E-state index contributed by atoms with van der Waals surface area (Å²) in [5.74, 6) is 0.0850. The van der Waals surface area contributed by atoms with Crippen LogP contribution in [0.25, 0.3) is 11.1 Å². The van der Waals surface area contributed by atoms with Crippen LogP contribution in [0.1, 0.15) is 23.2 Å². The third kappa shape index (κ3) is 5.79. The van der Waals surface area contributed by atoms with E-state index in [9.17, 15) is 13.2 Å². The number of likely N-dealkylation sites (tertiary alicyclic amines) is 1. The molecule has 0 amide bonds. The van der Waals surface area contributed by atoms with Crippen LogP contribution in [0, 0.1) is 0 Å². The third-order valence-corrected chi connectivity index (χ3v) is 8.87. The van der Waals surface area contributed by atoms with Crippen LogP contribution in [0.5, 0.6) is 5.75 Å². The van der Waals surface area contributed by atoms with Gasteiger partial charge in [-0.3, -0.25) is 4.90 Å². The van der Waals surface area contributed by atoms with Crippen molar-refractivity contribution in [3.63, 3.8) is 0 Å². The Morgan fingerprint density at radius 3 is 2.21 bits per heavy atom. The molecule has 5 rings (SSSR count). The van der Waals surface area contributed by atoms with E-state index >= 15 is 0 Å². The van der Waals surface area contributed by atoms with Gasteiger partial charge in [-0.2, -0.15) is 4.31 Å². The number of carbonyl (C=O) groups is 1. The number of anilines is 1. The quantitative estimate of drug-likeness (QED) is 0.440. The van der Waals surface area contributed by atoms with Gasteiger partial charge < -0.3 is 14.7 Å². The fraction of sp³-hybridized carbons (Fsp3) is 0.370. The Morgan fingerprint density at radius 2 is 1.55 bits per heavy atom. The van der Waals surface area contributed by atoms with Gasteiger partial charge in [0.1, 0.15) is 12.4 Å². The second kappa shape index (κ2) is 11.5. The average molecular weight is 538 g/mol. The lowest BCUT2D eigenvalue weighted by Gasteiger charge is -2.33. The van der Waals surface area contributed by atoms with Crippen LogP contribution in [-0.4, -0.2) is 91.1 Å². The first kappa shape index (κ1) is 26.1. The first-order valence-corrected chi connectivity index (χ1v) is 14.2. The number of hydrogen-bond donors (Lipinski definition) is 1. The van der Waals surface area contributed by atoms with Crippen molar-refractivity contribution in [1.82, 2.24) is 19.2 Å². The van der Waals surface area contributed by atoms with Crippen LogP contribution in [0.3, 0.4) is 0 Å². The summed E-state index contributed by atoms with van der Waals surface area (Å²) in [6.07, 6.45) is 5.01. The van der Waals surface area contributed by atoms with E-state index in [4.69, 9.17) is 9.84 Å². The number of carboxylic acids is 1. The highest BCUT2D eigenvalue weighted by molar-refractivity contribution is 7.89. The number of sulfonamides is 1. The molecule has 11 heteroatoms. The summed E-state index contributed by atoms with van der Waals surface area (Å²) < 4.78 is 34.2. The van der Waals surface area contributed by atoms with Crippen molar-refractivity contribution in [3.8, 4) is 16.9 Å². The zero-order valence-corrected chi connectivity index (χ0v) is 21.9. The van der Waals surface area contributed by atoms with Gasteiger partial charge in [0.2, 0.25) is 16.0 Å². The van der Waals surface area contributed by atoms with Crippen molar-refractivity contribution in [2.45, 2.75) is 17.7 Å². The van der Waals surface area contributed by atoms with Crippen LogP contribution in [0.2, 0.25) is 0 Å². The summed E-state index contributed by atoms with van der Waals surface area (Å²) in [6.45, 7) is 5.15. The number of nitrogens with zero attached hydrogens (tertiary/aromatic N) is 5. The minimum Gasteiger partial charge on any atom is -0.492 e. The molecule has 0 saturated carbocycles. The van der Waals surface area contributed by atoms with Gasteiger partial charge in [-0.15, -0.1) is 0 Å². The van der Waals surface area contributed by atoms with Crippen LogP contribution in [-0.2, 0) is 10.0 Å². The fourth-order valence-electron chi connectivity index (χ4n) is 4.80. The van der Waals surface area contributed by atoms with E-state index in [1.54, 1.807) is 12.1 Å². The molecule has 0 radical (unpaired) electrons. The van der Waals surface area contributed by atoms with Gasteiger partial charge in [0.25, 0.3) is 0 Å². The standard InChI is InChI=1S/C27H31N5O5S/c33-26(34)22-19-28-27(29-20-22)31-13-15-32(16-14-31)38(35,36)23-9-7-21(8-10-23)24-5-1-2-6-25(24)37-18-17-30-11-3-4-12-30/h1-2,5-10,19-20H,3-4,11-18H2,(H,33,34). The molecule has 2 saturated heterocycles. The van der Waals surface area contributed by atoms with Crippen LogP contribution >= 0.6 is 0 Å². The average Bonchev–Trinajstić information content (AvgIpc) is 3.47. The van der Waals surface area contributed by atoms with Crippen molar-refractivity contribution >= 4 is 21.9 Å². The van der Waals surface area contributed by atoms with Crippen LogP contribution in [0.4, 0.5) is 5.95 Å². The molecule has 3 heterocycles. The summed E-state index contributed by atoms with van der Waals surface area (Å²) in [4.78, 5) is 23.7. The van der Waals surface area contributed by atoms with Crippen molar-refractivity contribution in [2.24, 2.45) is 0 Å². The number of carboxylic acid groups (broad SMARTS) is 1. The maximum Gasteiger partial charge on any atom is 0.338 e. The third-order valence-electron chi connectivity index (χ3n) is 6.96. The predicted molar refractivity (Wildman–Crippen MR) is 143 cm³/mol. The summed E-state index contributed by atoms with van der Waals surface area (Å²) in [5, 5.41) is 9.01. The van der Waals surface area contributed by atoms with E-state index in [-0.39, 0.29) is 23.5 Å². The second-order valence-corrected chi connectivity index (χ2v) is 11.3. The Bertz CT molecular complexity index is 1350. The molecule has 2 aliphatic heterocycles. The Kier molecular flexibility index (Phi) is 7.87. The number of aromatic carboxylic acids is 1. The molecule has 1 N–H and O–H groups in total. The molecule has 0 atom stereocenters. The number of ether oxygens (including phenoxy) is 1. The molecule has 200 valence electrons. The molecular formula is C27H31N5O5S. The van der Waals surface area contributed by atoms with Gasteiger partial charge in [0, 0.05) is 50.7 Å². The van der Waals surface area contributed by atoms with Crippen molar-refractivity contribution in [2.75, 3.05) is 57.3 Å². The normalized spacial score (nSPS) is 17.0. The molecular weight excluding hydrogens is 506 g/mol. The second-order valence-electron chi connectivity index (χ2n) is 9.39. The fourth-order valence-corrected chi connectivity index (χ4v) is 6.22. The largest absolute Gasteiger partial charge is 0.492 e. The smallest absolute Gasteiger partial charge is 0.338 e. The van der Waals surface area contributed by atoms with Gasteiger partial charge in [0.05, 0.1) is 10.5 Å². The van der Waals surface area contributed by atoms with Crippen molar-refractivity contribution in [3.05, 3.63) is 66.5 Å². The monoisotopic (exact) mass is 537 g/mol. The van der Waals surface area contributed by atoms with Gasteiger partial charge in [-0.25, -0.2) is 23.2 Å². The summed E-state index contributed by atoms with van der Waals surface area (Å²) in [5.41, 5.74) is 1.84. The van der Waals surface area contributed by atoms with Crippen molar-refractivity contribution < 1.29 is 23.1 Å². The summed E-state index contributed by atoms with van der Waals surface area (Å²) >= 11 is 0. The van der Waals surface area contributed by atoms with Gasteiger partial charge >= 0.3 is 5.97 Å². The molecule has 2 aromatic carbocycles. The van der Waals surface area contributed by atoms with Crippen LogP contribution < -0.4 is 9.64 Å². The number of rotatable bonds is 9. The zero-order chi connectivity index (χ0) is 26.5. The lowest BCUT2D eigenvalue weighted by atomic mass is 10.1. The first-order valence-electron chi connectivity index (χ1n) is 12.8. The predicted octanol–water partition coefficient (Wildman–Crippen LogP) is 2.83. The molecule has 10 nitrogen and oxygen atoms in total. The molecule has 3 aromatic rings. The number of para-hydroxylation sites is 1. The molecule has 38 heavy (non-hydrogen) atoms. The summed E-state index contributed by atoms with van der Waals surface area (Å²) in [6, 6.07) is 14.8. The number of benzene rings is 2. The van der Waals surface area contributed by atoms with E-state index in [0.717, 1.165) is 36.5 Å². The zero-order valence-electron chi connectivity index (χ0n) is 21.1. The molecule has 0 unspecified atom stereocenters. The molecule has 0 spiro atoms. The Morgan fingerprint density at radius 1 is 0.895 bits per heavy atom. The molecule has 0 bridgehead atoms. The number of hydrogen-bond acceptors (Lipinski definition) is 8. The van der Waals surface area contributed by atoms with E-state index in [1.165, 1.54) is 29.5 Å². The van der Waals surface area contributed by atoms with E-state index in [1.807, 2.05) is 41.3 Å². The van der Waals surface area contributed by atoms with Gasteiger partial charge in [-0.1, -0.05) is 30.3 Å². The molecule has 0 aliphatic carbocycles. The molecule has 2 fully saturated rings. The lowest BCUT2D eigenvalue weighted by Crippen LogP contribution is -2.49. The highest BCUT2D eigenvalue weighted by Gasteiger charge is 2.29. The lowest BCUT2D eigenvalue weighted by molar-refractivity contribution is 0.0696.